The van der Waals surface area contributed by atoms with Gasteiger partial charge in [0.2, 0.25) is 0 Å². The minimum atomic E-state index is -0.559. The average molecular weight is 395 g/mol. The van der Waals surface area contributed by atoms with Gasteiger partial charge < -0.3 is 20.1 Å². The van der Waals surface area contributed by atoms with E-state index in [0.29, 0.717) is 29.5 Å². The molecule has 0 radical (unpaired) electrons. The Hall–Kier alpha value is -2.44. The van der Waals surface area contributed by atoms with Crippen LogP contribution < -0.4 is 20.1 Å². The zero-order valence-electron chi connectivity index (χ0n) is 14.1. The highest BCUT2D eigenvalue weighted by Crippen LogP contribution is 2.35. The van der Waals surface area contributed by atoms with Crippen molar-refractivity contribution in [3.8, 4) is 11.5 Å². The number of nitrogens with one attached hydrogen (secondary N) is 2. The quantitative estimate of drug-likeness (QED) is 0.807. The van der Waals surface area contributed by atoms with E-state index >= 15 is 0 Å². The van der Waals surface area contributed by atoms with Crippen LogP contribution in [0.1, 0.15) is 24.2 Å². The maximum atomic E-state index is 12.5. The fraction of sp³-hybridized carbons (Fsp3) is 0.222. The first-order valence-corrected chi connectivity index (χ1v) is 8.69. The van der Waals surface area contributed by atoms with E-state index in [0.717, 1.165) is 0 Å². The van der Waals surface area contributed by atoms with Gasteiger partial charge >= 0.3 is 0 Å². The molecular formula is C18H16Cl2N2O4. The Kier molecular flexibility index (Phi) is 5.25. The van der Waals surface area contributed by atoms with Crippen molar-refractivity contribution in [2.45, 2.75) is 20.0 Å². The molecule has 2 aromatic carbocycles. The topological polar surface area (TPSA) is 76.7 Å². The molecule has 0 saturated carbocycles. The van der Waals surface area contributed by atoms with Crippen LogP contribution >= 0.6 is 23.2 Å². The minimum Gasteiger partial charge on any atom is -0.491 e. The molecule has 0 bridgehead atoms. The average Bonchev–Trinajstić information content (AvgIpc) is 2.59. The molecule has 3 rings (SSSR count). The first-order valence-electron chi connectivity index (χ1n) is 7.93. The lowest BCUT2D eigenvalue weighted by molar-refractivity contribution is -0.122. The molecule has 8 heteroatoms. The zero-order valence-corrected chi connectivity index (χ0v) is 15.6. The van der Waals surface area contributed by atoms with Gasteiger partial charge in [-0.2, -0.15) is 0 Å². The molecule has 0 fully saturated rings. The molecule has 0 unspecified atom stereocenters. The number of hydrogen-bond acceptors (Lipinski definition) is 4. The fourth-order valence-electron chi connectivity index (χ4n) is 2.46. The van der Waals surface area contributed by atoms with E-state index in [1.165, 1.54) is 12.1 Å². The van der Waals surface area contributed by atoms with Crippen LogP contribution in [0.25, 0.3) is 0 Å². The van der Waals surface area contributed by atoms with E-state index < -0.39 is 12.0 Å². The van der Waals surface area contributed by atoms with Crippen molar-refractivity contribution in [1.29, 1.82) is 0 Å². The molecule has 0 saturated heterocycles. The fourth-order valence-corrected chi connectivity index (χ4v) is 3.06. The molecule has 0 aromatic heterocycles. The molecule has 1 atom stereocenters. The third-order valence-electron chi connectivity index (χ3n) is 3.72. The van der Waals surface area contributed by atoms with Crippen molar-refractivity contribution < 1.29 is 19.1 Å². The van der Waals surface area contributed by atoms with Crippen molar-refractivity contribution >= 4 is 46.4 Å². The Morgan fingerprint density at radius 2 is 1.96 bits per heavy atom. The van der Waals surface area contributed by atoms with E-state index in [1.807, 2.05) is 6.92 Å². The summed E-state index contributed by atoms with van der Waals surface area (Å²) in [5.74, 6) is 0.247. The number of fused-ring (bicyclic) bond motifs is 1. The maximum Gasteiger partial charge on any atom is 0.265 e. The van der Waals surface area contributed by atoms with Crippen LogP contribution in [0.4, 0.5) is 11.4 Å². The molecule has 26 heavy (non-hydrogen) atoms. The summed E-state index contributed by atoms with van der Waals surface area (Å²) in [4.78, 5) is 24.2. The van der Waals surface area contributed by atoms with Gasteiger partial charge in [-0.25, -0.2) is 0 Å². The Morgan fingerprint density at radius 3 is 2.62 bits per heavy atom. The van der Waals surface area contributed by atoms with E-state index in [1.54, 1.807) is 25.1 Å². The monoisotopic (exact) mass is 394 g/mol. The largest absolute Gasteiger partial charge is 0.491 e. The first-order chi connectivity index (χ1) is 12.4. The first kappa shape index (κ1) is 18.4. The van der Waals surface area contributed by atoms with Crippen molar-refractivity contribution in [3.63, 3.8) is 0 Å². The third-order valence-corrected chi connectivity index (χ3v) is 4.28. The molecule has 136 valence electrons. The Balaban J connectivity index is 1.81. The van der Waals surface area contributed by atoms with Gasteiger partial charge in [-0.15, -0.1) is 0 Å². The predicted molar refractivity (Wildman–Crippen MR) is 101 cm³/mol. The summed E-state index contributed by atoms with van der Waals surface area (Å²) < 4.78 is 10.8. The number of hydrogen-bond donors (Lipinski definition) is 2. The van der Waals surface area contributed by atoms with Crippen LogP contribution in [0.15, 0.2) is 30.3 Å². The van der Waals surface area contributed by atoms with Gasteiger partial charge in [0.1, 0.15) is 5.75 Å². The third kappa shape index (κ3) is 3.71. The van der Waals surface area contributed by atoms with Gasteiger partial charge in [0.05, 0.1) is 22.3 Å². The van der Waals surface area contributed by atoms with E-state index in [4.69, 9.17) is 32.7 Å². The van der Waals surface area contributed by atoms with E-state index in [2.05, 4.69) is 10.6 Å². The highest BCUT2D eigenvalue weighted by molar-refractivity contribution is 6.37. The second kappa shape index (κ2) is 7.43. The van der Waals surface area contributed by atoms with E-state index in [-0.39, 0.29) is 21.5 Å². The van der Waals surface area contributed by atoms with E-state index in [9.17, 15) is 9.59 Å². The lowest BCUT2D eigenvalue weighted by Crippen LogP contribution is -2.34. The molecule has 1 aliphatic heterocycles. The van der Waals surface area contributed by atoms with Crippen molar-refractivity contribution in [3.05, 3.63) is 45.9 Å². The lowest BCUT2D eigenvalue weighted by atomic mass is 10.1. The zero-order chi connectivity index (χ0) is 18.8. The van der Waals surface area contributed by atoms with Gasteiger partial charge in [0, 0.05) is 11.3 Å². The molecule has 6 nitrogen and oxygen atoms in total. The highest BCUT2D eigenvalue weighted by Gasteiger charge is 2.24. The number of anilines is 2. The number of amides is 2. The summed E-state index contributed by atoms with van der Waals surface area (Å²) in [5.41, 5.74) is 1.28. The number of ether oxygens (including phenoxy) is 2. The number of halogens is 2. The van der Waals surface area contributed by atoms with Gasteiger partial charge in [-0.3, -0.25) is 9.59 Å². The van der Waals surface area contributed by atoms with Crippen LogP contribution in [0.2, 0.25) is 10.0 Å². The number of rotatable bonds is 4. The van der Waals surface area contributed by atoms with Crippen LogP contribution in [0.5, 0.6) is 11.5 Å². The second-order valence-electron chi connectivity index (χ2n) is 5.62. The summed E-state index contributed by atoms with van der Waals surface area (Å²) in [6, 6.07) is 7.95. The number of carbonyl (C=O) groups excluding carboxylic acids is 2. The van der Waals surface area contributed by atoms with Crippen LogP contribution in [0, 0.1) is 0 Å². The molecule has 1 aliphatic rings. The van der Waals surface area contributed by atoms with Gasteiger partial charge in [0.15, 0.2) is 11.9 Å². The Morgan fingerprint density at radius 1 is 1.27 bits per heavy atom. The Labute approximate surface area is 160 Å². The van der Waals surface area contributed by atoms with Gasteiger partial charge in [0.25, 0.3) is 11.8 Å². The SMILES string of the molecule is CCOc1c(Cl)cc(C(=O)Nc2ccc3c(c2)NC(=O)[C@H](C)O3)cc1Cl. The molecular weight excluding hydrogens is 379 g/mol. The van der Waals surface area contributed by atoms with Gasteiger partial charge in [-0.1, -0.05) is 23.2 Å². The normalized spacial score (nSPS) is 15.5. The number of carbonyl (C=O) groups is 2. The lowest BCUT2D eigenvalue weighted by Gasteiger charge is -2.23. The summed E-state index contributed by atoms with van der Waals surface area (Å²) >= 11 is 12.3. The summed E-state index contributed by atoms with van der Waals surface area (Å²) in [6.45, 7) is 3.88. The molecule has 0 spiro atoms. The summed E-state index contributed by atoms with van der Waals surface area (Å²) in [7, 11) is 0. The highest BCUT2D eigenvalue weighted by atomic mass is 35.5. The van der Waals surface area contributed by atoms with Crippen molar-refractivity contribution in [2.75, 3.05) is 17.2 Å². The van der Waals surface area contributed by atoms with Crippen LogP contribution in [-0.2, 0) is 4.79 Å². The predicted octanol–water partition coefficient (Wildman–Crippen LogP) is 4.36. The van der Waals surface area contributed by atoms with Crippen molar-refractivity contribution in [1.82, 2.24) is 0 Å². The maximum absolute atomic E-state index is 12.5. The van der Waals surface area contributed by atoms with Crippen molar-refractivity contribution in [2.24, 2.45) is 0 Å². The minimum absolute atomic E-state index is 0.244. The van der Waals surface area contributed by atoms with Crippen LogP contribution in [-0.4, -0.2) is 24.5 Å². The second-order valence-corrected chi connectivity index (χ2v) is 6.43. The molecule has 2 aromatic rings. The molecule has 2 N–H and O–H groups in total. The van der Waals surface area contributed by atoms with Crippen LogP contribution in [0.3, 0.4) is 0 Å². The molecule has 1 heterocycles. The molecule has 2 amide bonds. The number of benzene rings is 2. The summed E-state index contributed by atoms with van der Waals surface area (Å²) in [5, 5.41) is 5.97. The Bertz CT molecular complexity index is 862. The summed E-state index contributed by atoms with van der Waals surface area (Å²) in [6.07, 6.45) is -0.559. The standard InChI is InChI=1S/C18H16Cl2N2O4/c1-3-25-16-12(19)6-10(7-13(16)20)18(24)21-11-4-5-15-14(8-11)22-17(23)9(2)26-15/h4-9H,3H2,1-2H3,(H,21,24)(H,22,23)/t9-/m0/s1. The van der Waals surface area contributed by atoms with Gasteiger partial charge in [-0.05, 0) is 44.2 Å². The smallest absolute Gasteiger partial charge is 0.265 e. The molecule has 0 aliphatic carbocycles.